The summed E-state index contributed by atoms with van der Waals surface area (Å²) < 4.78 is 12.1. The molecule has 3 rings (SSSR count). The van der Waals surface area contributed by atoms with Gasteiger partial charge in [0, 0.05) is 5.56 Å². The van der Waals surface area contributed by atoms with Crippen molar-refractivity contribution in [2.75, 3.05) is 13.2 Å². The molecule has 0 saturated heterocycles. The molecule has 6 heteroatoms. The van der Waals surface area contributed by atoms with Crippen LogP contribution in [-0.4, -0.2) is 24.5 Å². The average molecular weight is 256 g/mol. The van der Waals surface area contributed by atoms with Gasteiger partial charge in [-0.3, -0.25) is 4.79 Å². The molecule has 1 aromatic carbocycles. The zero-order valence-corrected chi connectivity index (χ0v) is 9.60. The van der Waals surface area contributed by atoms with E-state index >= 15 is 0 Å². The van der Waals surface area contributed by atoms with Gasteiger partial charge in [0.25, 0.3) is 0 Å². The Morgan fingerprint density at radius 3 is 3.06 bits per heavy atom. The highest BCUT2D eigenvalue weighted by atomic mass is 35.5. The van der Waals surface area contributed by atoms with Crippen molar-refractivity contribution in [3.63, 3.8) is 0 Å². The first-order chi connectivity index (χ1) is 7.79. The van der Waals surface area contributed by atoms with Crippen LogP contribution in [0.5, 0.6) is 11.5 Å². The predicted octanol–water partition coefficient (Wildman–Crippen LogP) is 2.53. The standard InChI is InChI=1S/C10H6ClNO3S/c11-10-12-7-5(4-13)3-6-8(9(7)16-10)15-2-1-14-6/h3-4H,1-2H2. The second-order valence-electron chi connectivity index (χ2n) is 3.25. The lowest BCUT2D eigenvalue weighted by atomic mass is 10.2. The Morgan fingerprint density at radius 1 is 1.44 bits per heavy atom. The molecule has 0 aliphatic carbocycles. The summed E-state index contributed by atoms with van der Waals surface area (Å²) in [6, 6.07) is 1.64. The van der Waals surface area contributed by atoms with Crippen LogP contribution in [0.2, 0.25) is 4.47 Å². The van der Waals surface area contributed by atoms with Crippen molar-refractivity contribution in [2.24, 2.45) is 0 Å². The van der Waals surface area contributed by atoms with Crippen LogP contribution in [0.25, 0.3) is 10.2 Å². The number of aromatic nitrogens is 1. The molecule has 4 nitrogen and oxygen atoms in total. The molecule has 2 heterocycles. The molecule has 1 aliphatic heterocycles. The minimum absolute atomic E-state index is 0.390. The minimum Gasteiger partial charge on any atom is -0.486 e. The SMILES string of the molecule is O=Cc1cc2c(c3sc(Cl)nc13)OCCO2. The van der Waals surface area contributed by atoms with Crippen LogP contribution in [0, 0.1) is 0 Å². The van der Waals surface area contributed by atoms with Gasteiger partial charge < -0.3 is 9.47 Å². The summed E-state index contributed by atoms with van der Waals surface area (Å²) in [5, 5.41) is 0. The maximum atomic E-state index is 10.9. The lowest BCUT2D eigenvalue weighted by molar-refractivity contribution is 0.112. The van der Waals surface area contributed by atoms with Gasteiger partial charge in [-0.25, -0.2) is 4.98 Å². The van der Waals surface area contributed by atoms with Crippen LogP contribution in [0.1, 0.15) is 10.4 Å². The fourth-order valence-corrected chi connectivity index (χ4v) is 2.79. The van der Waals surface area contributed by atoms with E-state index in [1.807, 2.05) is 0 Å². The molecule has 0 unspecified atom stereocenters. The van der Waals surface area contributed by atoms with E-state index in [4.69, 9.17) is 21.1 Å². The molecule has 0 bridgehead atoms. The number of halogens is 1. The Bertz CT molecular complexity index is 581. The van der Waals surface area contributed by atoms with E-state index in [2.05, 4.69) is 4.98 Å². The smallest absolute Gasteiger partial charge is 0.184 e. The number of fused-ring (bicyclic) bond motifs is 3. The quantitative estimate of drug-likeness (QED) is 0.735. The molecule has 1 aliphatic rings. The van der Waals surface area contributed by atoms with Crippen molar-refractivity contribution in [1.29, 1.82) is 0 Å². The highest BCUT2D eigenvalue weighted by Crippen LogP contribution is 2.43. The molecule has 0 atom stereocenters. The van der Waals surface area contributed by atoms with Crippen molar-refractivity contribution in [1.82, 2.24) is 4.98 Å². The number of nitrogens with zero attached hydrogens (tertiary/aromatic N) is 1. The monoisotopic (exact) mass is 255 g/mol. The van der Waals surface area contributed by atoms with Gasteiger partial charge in [-0.2, -0.15) is 0 Å². The van der Waals surface area contributed by atoms with E-state index in [0.717, 1.165) is 11.0 Å². The first-order valence-electron chi connectivity index (χ1n) is 4.63. The molecule has 0 radical (unpaired) electrons. The molecular weight excluding hydrogens is 250 g/mol. The molecule has 2 aromatic rings. The highest BCUT2D eigenvalue weighted by molar-refractivity contribution is 7.22. The molecule has 1 aromatic heterocycles. The summed E-state index contributed by atoms with van der Waals surface area (Å²) in [6.45, 7) is 0.987. The number of ether oxygens (including phenoxy) is 2. The van der Waals surface area contributed by atoms with Crippen molar-refractivity contribution in [3.8, 4) is 11.5 Å². The molecule has 0 spiro atoms. The summed E-state index contributed by atoms with van der Waals surface area (Å²) >= 11 is 7.14. The Kier molecular flexibility index (Phi) is 2.22. The van der Waals surface area contributed by atoms with Crippen molar-refractivity contribution < 1.29 is 14.3 Å². The molecule has 0 fully saturated rings. The highest BCUT2D eigenvalue weighted by Gasteiger charge is 2.21. The van der Waals surface area contributed by atoms with Crippen LogP contribution < -0.4 is 9.47 Å². The zero-order valence-electron chi connectivity index (χ0n) is 8.03. The molecule has 0 amide bonds. The van der Waals surface area contributed by atoms with Crippen molar-refractivity contribution >= 4 is 39.4 Å². The van der Waals surface area contributed by atoms with Gasteiger partial charge in [0.2, 0.25) is 0 Å². The van der Waals surface area contributed by atoms with Crippen LogP contribution in [-0.2, 0) is 0 Å². The second-order valence-corrected chi connectivity index (χ2v) is 4.83. The summed E-state index contributed by atoms with van der Waals surface area (Å²) in [5.41, 5.74) is 1.05. The Labute approximate surface area is 99.8 Å². The third-order valence-corrected chi connectivity index (χ3v) is 3.46. The lowest BCUT2D eigenvalue weighted by Gasteiger charge is -2.18. The van der Waals surface area contributed by atoms with Crippen LogP contribution in [0.4, 0.5) is 0 Å². The van der Waals surface area contributed by atoms with E-state index in [-0.39, 0.29) is 0 Å². The van der Waals surface area contributed by atoms with Crippen LogP contribution >= 0.6 is 22.9 Å². The third-order valence-electron chi connectivity index (χ3n) is 2.31. The van der Waals surface area contributed by atoms with Gasteiger partial charge in [0.05, 0.1) is 5.52 Å². The number of benzene rings is 1. The number of carbonyl (C=O) groups excluding carboxylic acids is 1. The lowest BCUT2D eigenvalue weighted by Crippen LogP contribution is -2.15. The van der Waals surface area contributed by atoms with Gasteiger partial charge in [0.15, 0.2) is 22.3 Å². The number of rotatable bonds is 1. The largest absolute Gasteiger partial charge is 0.486 e. The Hall–Kier alpha value is -1.33. The first kappa shape index (κ1) is 9.86. The van der Waals surface area contributed by atoms with Gasteiger partial charge in [0.1, 0.15) is 17.9 Å². The molecule has 82 valence electrons. The van der Waals surface area contributed by atoms with E-state index in [0.29, 0.717) is 40.3 Å². The van der Waals surface area contributed by atoms with E-state index in [9.17, 15) is 4.79 Å². The van der Waals surface area contributed by atoms with Gasteiger partial charge in [-0.05, 0) is 6.07 Å². The molecular formula is C10H6ClNO3S. The summed E-state index contributed by atoms with van der Waals surface area (Å²) in [4.78, 5) is 15.0. The molecule has 0 N–H and O–H groups in total. The number of carbonyl (C=O) groups is 1. The third kappa shape index (κ3) is 1.36. The van der Waals surface area contributed by atoms with Gasteiger partial charge in [-0.15, -0.1) is 0 Å². The second kappa shape index (κ2) is 3.61. The maximum absolute atomic E-state index is 10.9. The maximum Gasteiger partial charge on any atom is 0.184 e. The van der Waals surface area contributed by atoms with Crippen molar-refractivity contribution in [3.05, 3.63) is 16.1 Å². The number of hydrogen-bond donors (Lipinski definition) is 0. The van der Waals surface area contributed by atoms with E-state index in [1.165, 1.54) is 11.3 Å². The predicted molar refractivity (Wildman–Crippen MR) is 61.0 cm³/mol. The fraction of sp³-hybridized carbons (Fsp3) is 0.200. The Balaban J connectivity index is 2.39. The van der Waals surface area contributed by atoms with Crippen LogP contribution in [0.15, 0.2) is 6.07 Å². The fourth-order valence-electron chi connectivity index (χ4n) is 1.66. The minimum atomic E-state index is 0.390. The number of hydrogen-bond acceptors (Lipinski definition) is 5. The number of thiazole rings is 1. The number of aldehydes is 1. The summed E-state index contributed by atoms with van der Waals surface area (Å²) in [5.74, 6) is 1.22. The van der Waals surface area contributed by atoms with Crippen LogP contribution in [0.3, 0.4) is 0 Å². The first-order valence-corrected chi connectivity index (χ1v) is 5.83. The molecule has 16 heavy (non-hydrogen) atoms. The summed E-state index contributed by atoms with van der Waals surface area (Å²) in [7, 11) is 0. The zero-order chi connectivity index (χ0) is 11.1. The van der Waals surface area contributed by atoms with Crippen molar-refractivity contribution in [2.45, 2.75) is 0 Å². The van der Waals surface area contributed by atoms with E-state index in [1.54, 1.807) is 6.07 Å². The normalized spacial score (nSPS) is 14.1. The topological polar surface area (TPSA) is 48.4 Å². The van der Waals surface area contributed by atoms with Gasteiger partial charge in [-0.1, -0.05) is 22.9 Å². The average Bonchev–Trinajstić information content (AvgIpc) is 2.69. The summed E-state index contributed by atoms with van der Waals surface area (Å²) in [6.07, 6.45) is 0.747. The van der Waals surface area contributed by atoms with Gasteiger partial charge >= 0.3 is 0 Å². The Morgan fingerprint density at radius 2 is 2.25 bits per heavy atom. The molecule has 0 saturated carbocycles. The van der Waals surface area contributed by atoms with E-state index < -0.39 is 0 Å².